The van der Waals surface area contributed by atoms with E-state index in [2.05, 4.69) is 335 Å². The van der Waals surface area contributed by atoms with E-state index in [4.69, 9.17) is 37.9 Å². The number of hydrogen-bond donors (Lipinski definition) is 0. The minimum Gasteiger partial charge on any atom is -1.00 e. The number of halogens is 2. The summed E-state index contributed by atoms with van der Waals surface area (Å²) in [6, 6.07) is 130. The molecule has 2 aliphatic rings. The van der Waals surface area contributed by atoms with E-state index in [0.717, 1.165) is 134 Å². The second-order valence-electron chi connectivity index (χ2n) is 29.4. The predicted octanol–water partition coefficient (Wildman–Crippen LogP) is 23.1. The van der Waals surface area contributed by atoms with Crippen LogP contribution in [0.2, 0.25) is 5.28 Å². The SMILES string of the molecule is Clc1nc(-c2ccccc2)nc(-c2ccccc2)n1.S.[2H]CF.[C+]1=CC2=C(C=C1)c1c(c3c(nc(-c4ccccc4)n3-c3ccccc3)c3c4ccccc4n(-c4ccccc4)c13)C2.[H-].[Na+].c1ccc(-c2nc(-c3ccccc3)nc(-n3c4ccccc4c4c5c(c6ccccc6n5-c5ccccc5)c5nc(-c6ccccc6)n(-c6ccccc6)c5c43)n2)cc1. The summed E-state index contributed by atoms with van der Waals surface area (Å²) in [6.07, 6.45) is 10.6. The van der Waals surface area contributed by atoms with Gasteiger partial charge in [0.15, 0.2) is 23.3 Å². The molecule has 7 aromatic heterocycles. The third-order valence-electron chi connectivity index (χ3n) is 22.4. The summed E-state index contributed by atoms with van der Waals surface area (Å²) in [5.41, 5.74) is 26.0. The van der Waals surface area contributed by atoms with Gasteiger partial charge in [-0.05, 0) is 78.3 Å². The number of rotatable bonds is 11. The maximum Gasteiger partial charge on any atom is 1.00 e. The molecule has 123 heavy (non-hydrogen) atoms. The van der Waals surface area contributed by atoms with Gasteiger partial charge in [0.1, 0.15) is 29.3 Å². The number of alkyl halides is 1. The van der Waals surface area contributed by atoms with E-state index in [9.17, 15) is 4.39 Å². The standard InChI is InChI=1S/C52H33N7.C38H24N3.C15H10ClN3.CH3F.Na.H2S.H/c1-6-20-34(21-7-1)49-54-50(35-22-8-2-9-23-35)56-52(55-49)59-42-33-19-17-31-40(42)44-46-43(39-30-16-18-32-41(39)57(46)37-26-12-4-13-27-37)45-48(47(44)59)58(38-28-14-5-15-29-38)51(53-45)36-24-10-3-11-25-36;1-4-14-25(15-5-1)38-39-35-34-30-22-12-13-23-32(30)40(27-17-6-2-7-18-27)37(34)33-29-21-11-10-16-26(29)24-31(33)36(35)41(38)28-19-8-3-9-20-28;16-15-18-13(11-7-3-1-4-8-11)17-14(19-15)12-9-5-2-6-10-12;1-2;;;/h1-33H;1-9,11-23H,24H2;1-10H;1H3;;1H2;/q;+1;;;+1;;-1/i;;;1D;;;. The van der Waals surface area contributed by atoms with Crippen LogP contribution in [0.3, 0.4) is 0 Å². The zero-order chi connectivity index (χ0) is 81.6. The molecule has 0 aliphatic heterocycles. The molecule has 0 bridgehead atoms. The van der Waals surface area contributed by atoms with Crippen molar-refractivity contribution in [1.29, 1.82) is 0 Å². The van der Waals surface area contributed by atoms with Crippen LogP contribution in [0.15, 0.2) is 400 Å². The molecule has 13 nitrogen and oxygen atoms in total. The zero-order valence-corrected chi connectivity index (χ0v) is 70.3. The van der Waals surface area contributed by atoms with Gasteiger partial charge in [0.2, 0.25) is 11.2 Å². The van der Waals surface area contributed by atoms with Crippen LogP contribution in [0.5, 0.6) is 0 Å². The first-order valence-electron chi connectivity index (χ1n) is 40.6. The average Bonchev–Trinajstić information content (AvgIpc) is 1.51. The van der Waals surface area contributed by atoms with Crippen LogP contribution in [0, 0.1) is 6.08 Å². The molecule has 17 heteroatoms. The number of para-hydroxylation sites is 7. The Morgan fingerprint density at radius 1 is 0.333 bits per heavy atom. The van der Waals surface area contributed by atoms with Gasteiger partial charge < -0.3 is 10.6 Å². The first-order valence-corrected chi connectivity index (χ1v) is 40.3. The van der Waals surface area contributed by atoms with Gasteiger partial charge in [0, 0.05) is 112 Å². The maximum absolute atomic E-state index is 9.96. The second-order valence-corrected chi connectivity index (χ2v) is 29.7. The van der Waals surface area contributed by atoms with Gasteiger partial charge in [0.05, 0.1) is 75.4 Å². The molecule has 0 radical (unpaired) electrons. The molecule has 0 fully saturated rings. The fourth-order valence-corrected chi connectivity index (χ4v) is 17.5. The fraction of sp³-hybridized carbons (Fsp3) is 0.0189. The fourth-order valence-electron chi connectivity index (χ4n) is 17.4. The number of benzene rings is 15. The van der Waals surface area contributed by atoms with E-state index in [1.165, 1.54) is 49.6 Å². The molecule has 0 N–H and O–H groups in total. The number of imidazole rings is 2. The van der Waals surface area contributed by atoms with Gasteiger partial charge in [-0.2, -0.15) is 33.4 Å². The Kier molecular flexibility index (Phi) is 21.2. The number of aromatic nitrogens is 13. The third-order valence-corrected chi connectivity index (χ3v) is 22.6. The van der Waals surface area contributed by atoms with Crippen LogP contribution in [0.4, 0.5) is 4.39 Å². The average molecular weight is 1640 g/mol. The van der Waals surface area contributed by atoms with Gasteiger partial charge in [-0.1, -0.05) is 309 Å². The number of fused-ring (bicyclic) bond motifs is 19. The minimum atomic E-state index is -1.00. The largest absolute Gasteiger partial charge is 1.00 e. The third kappa shape index (κ3) is 13.8. The molecule has 0 saturated carbocycles. The van der Waals surface area contributed by atoms with E-state index in [-0.39, 0.29) is 49.8 Å². The van der Waals surface area contributed by atoms with Crippen molar-refractivity contribution in [3.05, 3.63) is 422 Å². The Morgan fingerprint density at radius 2 is 0.650 bits per heavy atom. The van der Waals surface area contributed by atoms with Crippen molar-refractivity contribution >= 4 is 118 Å². The molecule has 24 rings (SSSR count). The van der Waals surface area contributed by atoms with Crippen LogP contribution < -0.4 is 29.6 Å². The zero-order valence-electron chi connectivity index (χ0n) is 68.5. The van der Waals surface area contributed by atoms with Crippen LogP contribution in [-0.4, -0.2) is 69.9 Å². The Morgan fingerprint density at radius 3 is 1.07 bits per heavy atom. The molecule has 7 heterocycles. The minimum absolute atomic E-state index is 0. The Labute approximate surface area is 744 Å². The quantitative estimate of drug-likeness (QED) is 0.0925. The van der Waals surface area contributed by atoms with Gasteiger partial charge in [0.25, 0.3) is 0 Å². The second kappa shape index (κ2) is 33.9. The summed E-state index contributed by atoms with van der Waals surface area (Å²) in [6.45, 7) is 0. The van der Waals surface area contributed by atoms with Crippen molar-refractivity contribution in [2.45, 2.75) is 6.42 Å². The molecule has 0 saturated heterocycles. The van der Waals surface area contributed by atoms with E-state index in [0.29, 0.717) is 29.2 Å². The summed E-state index contributed by atoms with van der Waals surface area (Å²) < 4.78 is 27.3. The van der Waals surface area contributed by atoms with Crippen molar-refractivity contribution in [2.75, 3.05) is 7.15 Å². The van der Waals surface area contributed by atoms with Gasteiger partial charge in [-0.3, -0.25) is 18.1 Å². The maximum atomic E-state index is 9.96. The van der Waals surface area contributed by atoms with Crippen molar-refractivity contribution in [1.82, 2.24) is 62.7 Å². The summed E-state index contributed by atoms with van der Waals surface area (Å²) in [5.74, 6) is 4.68. The van der Waals surface area contributed by atoms with E-state index in [1.807, 2.05) is 103 Å². The molecule has 15 aromatic carbocycles. The topological polar surface area (TPSA) is 128 Å². The van der Waals surface area contributed by atoms with Gasteiger partial charge in [-0.25, -0.2) is 19.9 Å². The summed E-state index contributed by atoms with van der Waals surface area (Å²) in [7, 11) is -1.00. The molecule has 0 atom stereocenters. The van der Waals surface area contributed by atoms with Crippen LogP contribution >= 0.6 is 25.1 Å². The number of hydrogen-bond acceptors (Lipinski definition) is 8. The smallest absolute Gasteiger partial charge is 1.00 e. The summed E-state index contributed by atoms with van der Waals surface area (Å²) in [5, 5.41) is 7.01. The normalized spacial score (nSPS) is 12.0. The molecule has 0 unspecified atom stereocenters. The van der Waals surface area contributed by atoms with Crippen molar-refractivity contribution in [2.24, 2.45) is 0 Å². The Balaban J connectivity index is 0.000000139. The molecular weight excluding hydrogens is 1560 g/mol. The van der Waals surface area contributed by atoms with E-state index >= 15 is 0 Å². The first kappa shape index (κ1) is 77.0. The molecule has 22 aromatic rings. The van der Waals surface area contributed by atoms with E-state index in [1.54, 1.807) is 0 Å². The Hall–Kier alpha value is -14.6. The van der Waals surface area contributed by atoms with Gasteiger partial charge in [-0.15, -0.1) is 0 Å². The first-order chi connectivity index (χ1) is 60.4. The molecular formula is C106H73ClFN13NaS+. The molecule has 582 valence electrons. The summed E-state index contributed by atoms with van der Waals surface area (Å²) >= 11 is 5.99. The van der Waals surface area contributed by atoms with Crippen LogP contribution in [0.1, 0.15) is 13.9 Å². The molecule has 0 amide bonds. The number of allylic oxidation sites excluding steroid dienone is 6. The summed E-state index contributed by atoms with van der Waals surface area (Å²) in [4.78, 5) is 39.9. The predicted molar refractivity (Wildman–Crippen MR) is 502 cm³/mol. The van der Waals surface area contributed by atoms with Crippen molar-refractivity contribution in [3.63, 3.8) is 0 Å². The van der Waals surface area contributed by atoms with Crippen LogP contribution in [-0.2, 0) is 6.42 Å². The van der Waals surface area contributed by atoms with Crippen LogP contribution in [0.25, 0.3) is 190 Å². The monoisotopic (exact) mass is 1640 g/mol. The number of nitrogens with zero attached hydrogens (tertiary/aromatic N) is 13. The molecule has 2 aliphatic carbocycles. The van der Waals surface area contributed by atoms with Gasteiger partial charge >= 0.3 is 29.6 Å². The van der Waals surface area contributed by atoms with Crippen molar-refractivity contribution < 1.29 is 36.7 Å². The Bertz CT molecular complexity index is 7700. The van der Waals surface area contributed by atoms with Crippen molar-refractivity contribution in [3.8, 4) is 97.0 Å². The molecule has 0 spiro atoms. The van der Waals surface area contributed by atoms with E-state index < -0.39 is 7.15 Å².